The molecule has 1 aromatic heterocycles. The highest BCUT2D eigenvalue weighted by molar-refractivity contribution is 5.34. The monoisotopic (exact) mass is 253 g/mol. The fraction of sp³-hybridized carbons (Fsp3) is 0.438. The fourth-order valence-electron chi connectivity index (χ4n) is 3.02. The minimum atomic E-state index is 0.741. The molecular formula is C16H19N3. The summed E-state index contributed by atoms with van der Waals surface area (Å²) >= 11 is 0. The van der Waals surface area contributed by atoms with Crippen molar-refractivity contribution in [2.24, 2.45) is 0 Å². The molecule has 1 N–H and O–H groups in total. The first-order valence-corrected chi connectivity index (χ1v) is 7.25. The van der Waals surface area contributed by atoms with Crippen LogP contribution in [0.2, 0.25) is 0 Å². The molecule has 0 saturated heterocycles. The Balaban J connectivity index is 1.71. The van der Waals surface area contributed by atoms with Gasteiger partial charge in [0.1, 0.15) is 0 Å². The van der Waals surface area contributed by atoms with Crippen molar-refractivity contribution in [3.8, 4) is 0 Å². The Morgan fingerprint density at radius 3 is 2.84 bits per heavy atom. The van der Waals surface area contributed by atoms with E-state index in [1.807, 2.05) is 0 Å². The number of rotatable bonds is 3. The van der Waals surface area contributed by atoms with E-state index in [0.717, 1.165) is 32.0 Å². The van der Waals surface area contributed by atoms with Gasteiger partial charge in [0.05, 0.1) is 12.2 Å². The molecule has 1 fully saturated rings. The van der Waals surface area contributed by atoms with Crippen LogP contribution >= 0.6 is 0 Å². The zero-order chi connectivity index (χ0) is 12.7. The van der Waals surface area contributed by atoms with Gasteiger partial charge in [0.2, 0.25) is 0 Å². The fourth-order valence-corrected chi connectivity index (χ4v) is 3.02. The Bertz CT molecular complexity index is 582. The lowest BCUT2D eigenvalue weighted by molar-refractivity contribution is 0.582. The maximum atomic E-state index is 4.93. The van der Waals surface area contributed by atoms with Gasteiger partial charge in [0, 0.05) is 36.7 Å². The molecule has 0 unspecified atom stereocenters. The lowest BCUT2D eigenvalue weighted by atomic mass is 10.0. The van der Waals surface area contributed by atoms with Crippen molar-refractivity contribution in [2.75, 3.05) is 6.54 Å². The van der Waals surface area contributed by atoms with Gasteiger partial charge in [-0.1, -0.05) is 30.3 Å². The molecule has 4 rings (SSSR count). The predicted octanol–water partition coefficient (Wildman–Crippen LogP) is 2.45. The Kier molecular flexibility index (Phi) is 2.66. The molecule has 98 valence electrons. The van der Waals surface area contributed by atoms with Gasteiger partial charge in [-0.2, -0.15) is 5.10 Å². The van der Waals surface area contributed by atoms with E-state index in [1.54, 1.807) is 0 Å². The molecule has 0 bridgehead atoms. The van der Waals surface area contributed by atoms with Crippen LogP contribution in [0.25, 0.3) is 0 Å². The minimum absolute atomic E-state index is 0.741. The molecule has 2 aliphatic rings. The second kappa shape index (κ2) is 4.49. The van der Waals surface area contributed by atoms with Crippen molar-refractivity contribution in [2.45, 2.75) is 38.3 Å². The van der Waals surface area contributed by atoms with Crippen molar-refractivity contribution in [3.63, 3.8) is 0 Å². The summed E-state index contributed by atoms with van der Waals surface area (Å²) in [6.07, 6.45) is 3.77. The summed E-state index contributed by atoms with van der Waals surface area (Å²) in [4.78, 5) is 0. The van der Waals surface area contributed by atoms with Gasteiger partial charge < -0.3 is 5.32 Å². The molecule has 1 aromatic carbocycles. The van der Waals surface area contributed by atoms with E-state index in [-0.39, 0.29) is 0 Å². The molecule has 3 heteroatoms. The van der Waals surface area contributed by atoms with Gasteiger partial charge in [0.25, 0.3) is 0 Å². The van der Waals surface area contributed by atoms with Crippen LogP contribution in [0.1, 0.15) is 41.3 Å². The zero-order valence-electron chi connectivity index (χ0n) is 11.1. The number of benzene rings is 1. The second-order valence-corrected chi connectivity index (χ2v) is 5.65. The van der Waals surface area contributed by atoms with Crippen molar-refractivity contribution in [3.05, 3.63) is 52.8 Å². The number of aromatic nitrogens is 2. The van der Waals surface area contributed by atoms with Crippen LogP contribution in [-0.4, -0.2) is 16.3 Å². The van der Waals surface area contributed by atoms with E-state index in [9.17, 15) is 0 Å². The third-order valence-corrected chi connectivity index (χ3v) is 4.18. The Morgan fingerprint density at radius 1 is 1.21 bits per heavy atom. The van der Waals surface area contributed by atoms with Gasteiger partial charge in [0.15, 0.2) is 0 Å². The Hall–Kier alpha value is -1.61. The highest BCUT2D eigenvalue weighted by Crippen LogP contribution is 2.42. The molecule has 2 heterocycles. The van der Waals surface area contributed by atoms with Crippen LogP contribution in [0.5, 0.6) is 0 Å². The van der Waals surface area contributed by atoms with Crippen LogP contribution < -0.4 is 5.32 Å². The van der Waals surface area contributed by atoms with Crippen LogP contribution in [0.3, 0.4) is 0 Å². The molecule has 19 heavy (non-hydrogen) atoms. The molecular weight excluding hydrogens is 234 g/mol. The summed E-state index contributed by atoms with van der Waals surface area (Å²) in [5, 5.41) is 8.41. The molecule has 0 atom stereocenters. The van der Waals surface area contributed by atoms with E-state index in [1.165, 1.54) is 35.4 Å². The largest absolute Gasteiger partial charge is 0.312 e. The predicted molar refractivity (Wildman–Crippen MR) is 75.2 cm³/mol. The van der Waals surface area contributed by atoms with Crippen LogP contribution in [0.15, 0.2) is 30.3 Å². The molecule has 0 spiro atoms. The van der Waals surface area contributed by atoms with E-state index < -0.39 is 0 Å². The topological polar surface area (TPSA) is 29.9 Å². The van der Waals surface area contributed by atoms with E-state index in [2.05, 4.69) is 40.3 Å². The number of hydrogen-bond donors (Lipinski definition) is 1. The lowest BCUT2D eigenvalue weighted by Crippen LogP contribution is -2.25. The molecule has 1 aliphatic heterocycles. The van der Waals surface area contributed by atoms with Gasteiger partial charge in [-0.25, -0.2) is 0 Å². The van der Waals surface area contributed by atoms with Gasteiger partial charge in [-0.3, -0.25) is 4.68 Å². The van der Waals surface area contributed by atoms with Gasteiger partial charge >= 0.3 is 0 Å². The van der Waals surface area contributed by atoms with E-state index >= 15 is 0 Å². The maximum absolute atomic E-state index is 4.93. The van der Waals surface area contributed by atoms with Crippen molar-refractivity contribution >= 4 is 0 Å². The minimum Gasteiger partial charge on any atom is -0.312 e. The summed E-state index contributed by atoms with van der Waals surface area (Å²) in [5.41, 5.74) is 5.67. The number of fused-ring (bicyclic) bond motifs is 1. The average molecular weight is 253 g/mol. The smallest absolute Gasteiger partial charge is 0.0703 e. The summed E-state index contributed by atoms with van der Waals surface area (Å²) in [5.74, 6) is 0.741. The first kappa shape index (κ1) is 11.2. The summed E-state index contributed by atoms with van der Waals surface area (Å²) in [7, 11) is 0. The van der Waals surface area contributed by atoms with Gasteiger partial charge in [-0.15, -0.1) is 0 Å². The zero-order valence-corrected chi connectivity index (χ0v) is 11.1. The first-order valence-electron chi connectivity index (χ1n) is 7.25. The highest BCUT2D eigenvalue weighted by atomic mass is 15.3. The molecule has 0 amide bonds. The first-order chi connectivity index (χ1) is 9.42. The number of nitrogens with one attached hydrogen (secondary N) is 1. The van der Waals surface area contributed by atoms with E-state index in [4.69, 9.17) is 5.10 Å². The normalized spacial score (nSPS) is 18.3. The maximum Gasteiger partial charge on any atom is 0.0703 e. The lowest BCUT2D eigenvalue weighted by Gasteiger charge is -2.15. The summed E-state index contributed by atoms with van der Waals surface area (Å²) < 4.78 is 2.25. The van der Waals surface area contributed by atoms with Crippen molar-refractivity contribution in [1.82, 2.24) is 15.1 Å². The second-order valence-electron chi connectivity index (χ2n) is 5.65. The summed E-state index contributed by atoms with van der Waals surface area (Å²) in [6, 6.07) is 10.7. The van der Waals surface area contributed by atoms with Crippen molar-refractivity contribution in [1.29, 1.82) is 0 Å². The van der Waals surface area contributed by atoms with Gasteiger partial charge in [-0.05, 0) is 18.4 Å². The van der Waals surface area contributed by atoms with Crippen LogP contribution in [-0.2, 0) is 19.5 Å². The molecule has 0 radical (unpaired) electrons. The molecule has 3 nitrogen and oxygen atoms in total. The third kappa shape index (κ3) is 2.08. The van der Waals surface area contributed by atoms with Crippen LogP contribution in [0, 0.1) is 0 Å². The number of hydrogen-bond acceptors (Lipinski definition) is 2. The SMILES string of the molecule is c1ccc(Cn2nc(C3CC3)c3c2CCNC3)cc1. The standard InChI is InChI=1S/C16H19N3/c1-2-4-12(5-3-1)11-19-15-8-9-17-10-14(15)16(18-19)13-6-7-13/h1-5,13,17H,6-11H2. The molecule has 2 aromatic rings. The Morgan fingerprint density at radius 2 is 2.05 bits per heavy atom. The summed E-state index contributed by atoms with van der Waals surface area (Å²) in [6.45, 7) is 3.00. The van der Waals surface area contributed by atoms with Crippen molar-refractivity contribution < 1.29 is 0 Å². The van der Waals surface area contributed by atoms with E-state index in [0.29, 0.717) is 0 Å². The molecule has 1 saturated carbocycles. The van der Waals surface area contributed by atoms with Crippen LogP contribution in [0.4, 0.5) is 0 Å². The quantitative estimate of drug-likeness (QED) is 0.910. The Labute approximate surface area is 113 Å². The molecule has 1 aliphatic carbocycles. The average Bonchev–Trinajstić information content (AvgIpc) is 3.24. The third-order valence-electron chi connectivity index (χ3n) is 4.18. The highest BCUT2D eigenvalue weighted by Gasteiger charge is 2.32. The number of nitrogens with zero attached hydrogens (tertiary/aromatic N) is 2.